The lowest BCUT2D eigenvalue weighted by molar-refractivity contribution is 0.0978. The van der Waals surface area contributed by atoms with Gasteiger partial charge in [0, 0.05) is 9.72 Å². The molecule has 0 atom stereocenters. The predicted molar refractivity (Wildman–Crippen MR) is 111 cm³/mol. The molecule has 3 rings (SSSR count). The zero-order valence-electron chi connectivity index (χ0n) is 13.2. The van der Waals surface area contributed by atoms with Crippen molar-refractivity contribution in [3.63, 3.8) is 0 Å². The molecule has 1 aromatic heterocycles. The number of amides is 1. The van der Waals surface area contributed by atoms with E-state index >= 15 is 0 Å². The maximum Gasteiger partial charge on any atom is 0.258 e. The van der Waals surface area contributed by atoms with Crippen molar-refractivity contribution in [2.45, 2.75) is 13.3 Å². The van der Waals surface area contributed by atoms with E-state index in [1.165, 1.54) is 21.7 Å². The Bertz CT molecular complexity index is 969. The van der Waals surface area contributed by atoms with Crippen LogP contribution in [0.2, 0.25) is 10.0 Å². The standard InChI is InChI=1S/C18H14Cl2N2OS2/c1-2-11-12-5-3-4-6-15(12)25-17(11)22-18(24)21-16(23)13-8-7-10(19)9-14(13)20/h3-9H,2H2,1H3,(H2,21,22,23,24). The molecule has 0 aliphatic rings. The van der Waals surface area contributed by atoms with Crippen molar-refractivity contribution in [3.8, 4) is 0 Å². The van der Waals surface area contributed by atoms with Crippen LogP contribution in [0.5, 0.6) is 0 Å². The van der Waals surface area contributed by atoms with Crippen molar-refractivity contribution >= 4 is 72.9 Å². The quantitative estimate of drug-likeness (QED) is 0.530. The van der Waals surface area contributed by atoms with Gasteiger partial charge in [0.15, 0.2) is 5.11 Å². The third kappa shape index (κ3) is 3.96. The molecule has 1 heterocycles. The first-order chi connectivity index (χ1) is 12.0. The largest absolute Gasteiger partial charge is 0.324 e. The second kappa shape index (κ2) is 7.70. The molecule has 128 valence electrons. The third-order valence-electron chi connectivity index (χ3n) is 3.68. The van der Waals surface area contributed by atoms with Crippen LogP contribution < -0.4 is 10.6 Å². The van der Waals surface area contributed by atoms with E-state index in [4.69, 9.17) is 35.4 Å². The maximum absolute atomic E-state index is 12.3. The van der Waals surface area contributed by atoms with Crippen LogP contribution in [0.1, 0.15) is 22.8 Å². The van der Waals surface area contributed by atoms with E-state index in [0.29, 0.717) is 10.6 Å². The van der Waals surface area contributed by atoms with Gasteiger partial charge >= 0.3 is 0 Å². The minimum Gasteiger partial charge on any atom is -0.324 e. The summed E-state index contributed by atoms with van der Waals surface area (Å²) in [5.41, 5.74) is 1.50. The van der Waals surface area contributed by atoms with Crippen LogP contribution in [0.4, 0.5) is 5.00 Å². The summed E-state index contributed by atoms with van der Waals surface area (Å²) in [5.74, 6) is -0.377. The van der Waals surface area contributed by atoms with E-state index < -0.39 is 0 Å². The molecular formula is C18H14Cl2N2OS2. The molecule has 0 aliphatic carbocycles. The summed E-state index contributed by atoms with van der Waals surface area (Å²) in [7, 11) is 0. The van der Waals surface area contributed by atoms with Crippen LogP contribution in [0, 0.1) is 0 Å². The first-order valence-corrected chi connectivity index (χ1v) is 9.55. The molecule has 0 fully saturated rings. The molecular weight excluding hydrogens is 395 g/mol. The summed E-state index contributed by atoms with van der Waals surface area (Å²) in [6.07, 6.45) is 0.867. The van der Waals surface area contributed by atoms with Crippen molar-refractivity contribution in [1.82, 2.24) is 5.32 Å². The summed E-state index contributed by atoms with van der Waals surface area (Å²) in [6, 6.07) is 12.9. The average molecular weight is 409 g/mol. The number of nitrogens with one attached hydrogen (secondary N) is 2. The first kappa shape index (κ1) is 18.1. The minimum absolute atomic E-state index is 0.234. The Morgan fingerprint density at radius 3 is 2.68 bits per heavy atom. The smallest absolute Gasteiger partial charge is 0.258 e. The molecule has 0 saturated carbocycles. The van der Waals surface area contributed by atoms with Gasteiger partial charge in [-0.2, -0.15) is 0 Å². The van der Waals surface area contributed by atoms with Gasteiger partial charge in [0.05, 0.1) is 15.6 Å². The summed E-state index contributed by atoms with van der Waals surface area (Å²) in [6.45, 7) is 2.09. The molecule has 1 amide bonds. The van der Waals surface area contributed by atoms with Crippen molar-refractivity contribution in [2.75, 3.05) is 5.32 Å². The maximum atomic E-state index is 12.3. The molecule has 0 bridgehead atoms. The van der Waals surface area contributed by atoms with Crippen molar-refractivity contribution in [2.24, 2.45) is 0 Å². The predicted octanol–water partition coefficient (Wildman–Crippen LogP) is 5.90. The van der Waals surface area contributed by atoms with Crippen molar-refractivity contribution in [1.29, 1.82) is 0 Å². The molecule has 0 spiro atoms. The monoisotopic (exact) mass is 408 g/mol. The summed E-state index contributed by atoms with van der Waals surface area (Å²) in [5, 5.41) is 8.92. The van der Waals surface area contributed by atoms with Crippen molar-refractivity contribution in [3.05, 3.63) is 63.6 Å². The Balaban J connectivity index is 1.77. The summed E-state index contributed by atoms with van der Waals surface area (Å²) in [4.78, 5) is 12.3. The van der Waals surface area contributed by atoms with E-state index in [9.17, 15) is 4.79 Å². The van der Waals surface area contributed by atoms with Gasteiger partial charge in [-0.05, 0) is 53.9 Å². The topological polar surface area (TPSA) is 41.1 Å². The zero-order valence-corrected chi connectivity index (χ0v) is 16.4. The molecule has 0 saturated heterocycles. The molecule has 2 aromatic carbocycles. The number of hydrogen-bond acceptors (Lipinski definition) is 3. The Labute approximate surface area is 164 Å². The van der Waals surface area contributed by atoms with Crippen LogP contribution in [0.25, 0.3) is 10.1 Å². The van der Waals surface area contributed by atoms with Crippen LogP contribution in [0.15, 0.2) is 42.5 Å². The highest BCUT2D eigenvalue weighted by atomic mass is 35.5. The normalized spacial score (nSPS) is 10.7. The van der Waals surface area contributed by atoms with Gasteiger partial charge in [-0.25, -0.2) is 0 Å². The molecule has 3 nitrogen and oxygen atoms in total. The first-order valence-electron chi connectivity index (χ1n) is 7.57. The zero-order chi connectivity index (χ0) is 18.0. The second-order valence-corrected chi connectivity index (χ2v) is 7.60. The number of anilines is 1. The van der Waals surface area contributed by atoms with Gasteiger partial charge in [-0.15, -0.1) is 11.3 Å². The lowest BCUT2D eigenvalue weighted by Crippen LogP contribution is -2.34. The number of aryl methyl sites for hydroxylation is 1. The van der Waals surface area contributed by atoms with Crippen LogP contribution in [-0.4, -0.2) is 11.0 Å². The minimum atomic E-state index is -0.377. The fourth-order valence-corrected chi connectivity index (χ4v) is 4.48. The third-order valence-corrected chi connectivity index (χ3v) is 5.56. The number of benzene rings is 2. The average Bonchev–Trinajstić information content (AvgIpc) is 2.91. The Morgan fingerprint density at radius 2 is 1.96 bits per heavy atom. The molecule has 0 radical (unpaired) electrons. The molecule has 7 heteroatoms. The van der Waals surface area contributed by atoms with Crippen molar-refractivity contribution < 1.29 is 4.79 Å². The Kier molecular flexibility index (Phi) is 5.59. The fraction of sp³-hybridized carbons (Fsp3) is 0.111. The number of hydrogen-bond donors (Lipinski definition) is 2. The highest BCUT2D eigenvalue weighted by Crippen LogP contribution is 2.35. The Morgan fingerprint density at radius 1 is 1.20 bits per heavy atom. The molecule has 0 unspecified atom stereocenters. The summed E-state index contributed by atoms with van der Waals surface area (Å²) >= 11 is 18.8. The number of carbonyl (C=O) groups is 1. The Hall–Kier alpha value is -1.66. The van der Waals surface area contributed by atoms with E-state index in [2.05, 4.69) is 29.7 Å². The molecule has 25 heavy (non-hydrogen) atoms. The number of thiophene rings is 1. The summed E-state index contributed by atoms with van der Waals surface area (Å²) < 4.78 is 1.18. The highest BCUT2D eigenvalue weighted by molar-refractivity contribution is 7.80. The van der Waals surface area contributed by atoms with E-state index in [0.717, 1.165) is 11.4 Å². The van der Waals surface area contributed by atoms with Gasteiger partial charge in [-0.3, -0.25) is 10.1 Å². The fourth-order valence-electron chi connectivity index (χ4n) is 2.53. The number of carbonyl (C=O) groups excluding carboxylic acids is 1. The van der Waals surface area contributed by atoms with E-state index in [-0.39, 0.29) is 16.0 Å². The van der Waals surface area contributed by atoms with Gasteiger partial charge < -0.3 is 5.32 Å². The SMILES string of the molecule is CCc1c(NC(=S)NC(=O)c2ccc(Cl)cc2Cl)sc2ccccc12. The lowest BCUT2D eigenvalue weighted by atomic mass is 10.1. The molecule has 0 aliphatic heterocycles. The van der Waals surface area contributed by atoms with E-state index in [1.807, 2.05) is 12.1 Å². The van der Waals surface area contributed by atoms with Gasteiger partial charge in [0.1, 0.15) is 0 Å². The number of thiocarbonyl (C=S) groups is 1. The molecule has 2 N–H and O–H groups in total. The molecule has 3 aromatic rings. The highest BCUT2D eigenvalue weighted by Gasteiger charge is 2.15. The van der Waals surface area contributed by atoms with E-state index in [1.54, 1.807) is 23.5 Å². The van der Waals surface area contributed by atoms with Crippen LogP contribution in [-0.2, 0) is 6.42 Å². The van der Waals surface area contributed by atoms with Gasteiger partial charge in [0.25, 0.3) is 5.91 Å². The van der Waals surface area contributed by atoms with Crippen LogP contribution in [0.3, 0.4) is 0 Å². The van der Waals surface area contributed by atoms with Gasteiger partial charge in [-0.1, -0.05) is 48.3 Å². The number of fused-ring (bicyclic) bond motifs is 1. The number of halogens is 2. The van der Waals surface area contributed by atoms with Gasteiger partial charge in [0.2, 0.25) is 0 Å². The second-order valence-electron chi connectivity index (χ2n) is 5.29. The number of rotatable bonds is 3. The lowest BCUT2D eigenvalue weighted by Gasteiger charge is -2.10. The van der Waals surface area contributed by atoms with Crippen LogP contribution >= 0.6 is 46.8 Å².